The standard InChI is InChI=1S/C35H36F2N6O5/c1-41-30-25(39-32(41)27-16-23-9-6-13-38-31(23)43(27)18-21-10-11-21)15-24(17-29(30)46-2)33(44)42-14-12-28(48-34(36)37)26(19-42)40-35(45)47-20-22-7-4-3-5-8-22/h3-9,13,15-17,21,26,28,34H,10-12,14,18-20H2,1-2H3,(H,40,45)/t26-,28+/m0/s1. The fraction of sp³-hybridized carbons (Fsp3) is 0.371. The molecule has 1 N–H and O–H groups in total. The van der Waals surface area contributed by atoms with E-state index < -0.39 is 24.9 Å². The molecule has 2 aromatic carbocycles. The Morgan fingerprint density at radius 1 is 1.06 bits per heavy atom. The number of aryl methyl sites for hydroxylation is 1. The third-order valence-corrected chi connectivity index (χ3v) is 9.05. The first kappa shape index (κ1) is 31.6. The Kier molecular flexibility index (Phi) is 8.69. The molecular weight excluding hydrogens is 622 g/mol. The van der Waals surface area contributed by atoms with E-state index in [1.54, 1.807) is 30.5 Å². The van der Waals surface area contributed by atoms with Crippen LogP contribution in [-0.2, 0) is 29.7 Å². The van der Waals surface area contributed by atoms with Gasteiger partial charge in [0.05, 0.1) is 30.5 Å². The van der Waals surface area contributed by atoms with E-state index in [2.05, 4.69) is 20.9 Å². The van der Waals surface area contributed by atoms with Crippen LogP contribution < -0.4 is 10.1 Å². The van der Waals surface area contributed by atoms with Gasteiger partial charge in [0.25, 0.3) is 5.91 Å². The van der Waals surface area contributed by atoms with Gasteiger partial charge in [0.2, 0.25) is 0 Å². The second kappa shape index (κ2) is 13.2. The number of hydrogen-bond acceptors (Lipinski definition) is 7. The van der Waals surface area contributed by atoms with Crippen molar-refractivity contribution < 1.29 is 32.6 Å². The smallest absolute Gasteiger partial charge is 0.407 e. The van der Waals surface area contributed by atoms with E-state index in [0.29, 0.717) is 22.7 Å². The molecule has 48 heavy (non-hydrogen) atoms. The molecule has 2 atom stereocenters. The number of alkyl halides is 2. The molecule has 1 saturated heterocycles. The highest BCUT2D eigenvalue weighted by molar-refractivity contribution is 6.00. The zero-order valence-electron chi connectivity index (χ0n) is 26.6. The zero-order chi connectivity index (χ0) is 33.4. The Morgan fingerprint density at radius 3 is 2.62 bits per heavy atom. The van der Waals surface area contributed by atoms with E-state index in [1.165, 1.54) is 24.9 Å². The molecule has 0 bridgehead atoms. The Labute approximate surface area is 275 Å². The van der Waals surface area contributed by atoms with Crippen LogP contribution in [0.3, 0.4) is 0 Å². The molecule has 11 nitrogen and oxygen atoms in total. The van der Waals surface area contributed by atoms with E-state index >= 15 is 0 Å². The summed E-state index contributed by atoms with van der Waals surface area (Å²) in [7, 11) is 3.46. The van der Waals surface area contributed by atoms with Gasteiger partial charge in [0, 0.05) is 43.8 Å². The summed E-state index contributed by atoms with van der Waals surface area (Å²) in [5.74, 6) is 1.44. The molecule has 0 spiro atoms. The number of imidazole rings is 1. The summed E-state index contributed by atoms with van der Waals surface area (Å²) in [6.45, 7) is -2.09. The van der Waals surface area contributed by atoms with Crippen LogP contribution in [0.1, 0.15) is 35.2 Å². The molecule has 13 heteroatoms. The van der Waals surface area contributed by atoms with E-state index in [1.807, 2.05) is 41.9 Å². The van der Waals surface area contributed by atoms with Gasteiger partial charge < -0.3 is 33.6 Å². The van der Waals surface area contributed by atoms with Gasteiger partial charge in [-0.15, -0.1) is 0 Å². The van der Waals surface area contributed by atoms with E-state index in [0.717, 1.165) is 40.2 Å². The molecule has 1 saturated carbocycles. The van der Waals surface area contributed by atoms with Crippen LogP contribution in [0.15, 0.2) is 66.9 Å². The predicted molar refractivity (Wildman–Crippen MR) is 174 cm³/mol. The van der Waals surface area contributed by atoms with Gasteiger partial charge in [-0.3, -0.25) is 4.79 Å². The Balaban J connectivity index is 1.15. The first-order chi connectivity index (χ1) is 23.3. The lowest BCUT2D eigenvalue weighted by molar-refractivity contribution is -0.177. The predicted octanol–water partition coefficient (Wildman–Crippen LogP) is 5.76. The van der Waals surface area contributed by atoms with Crippen LogP contribution in [0, 0.1) is 5.92 Å². The third kappa shape index (κ3) is 6.42. The molecule has 0 unspecified atom stereocenters. The van der Waals surface area contributed by atoms with Crippen molar-refractivity contribution in [2.24, 2.45) is 13.0 Å². The number of ether oxygens (including phenoxy) is 3. The van der Waals surface area contributed by atoms with Crippen LogP contribution in [0.4, 0.5) is 13.6 Å². The second-order valence-electron chi connectivity index (χ2n) is 12.3. The quantitative estimate of drug-likeness (QED) is 0.203. The Morgan fingerprint density at radius 2 is 1.88 bits per heavy atom. The number of carbonyl (C=O) groups excluding carboxylic acids is 2. The summed E-state index contributed by atoms with van der Waals surface area (Å²) in [5.41, 5.74) is 4.23. The number of rotatable bonds is 10. The van der Waals surface area contributed by atoms with E-state index in [9.17, 15) is 18.4 Å². The van der Waals surface area contributed by atoms with Crippen LogP contribution in [-0.4, -0.2) is 75.0 Å². The highest BCUT2D eigenvalue weighted by Crippen LogP contribution is 2.37. The number of amides is 2. The normalized spacial score (nSPS) is 18.1. The van der Waals surface area contributed by atoms with Crippen LogP contribution in [0.2, 0.25) is 0 Å². The lowest BCUT2D eigenvalue weighted by Gasteiger charge is -2.38. The minimum absolute atomic E-state index is 0.00608. The monoisotopic (exact) mass is 658 g/mol. The minimum atomic E-state index is -3.04. The maximum Gasteiger partial charge on any atom is 0.407 e. The number of fused-ring (bicyclic) bond motifs is 2. The number of nitrogens with one attached hydrogen (secondary N) is 1. The average Bonchev–Trinajstić information content (AvgIpc) is 3.76. The molecule has 3 aromatic heterocycles. The molecule has 1 aliphatic carbocycles. The number of benzene rings is 2. The summed E-state index contributed by atoms with van der Waals surface area (Å²) < 4.78 is 46.7. The topological polar surface area (TPSA) is 113 Å². The largest absolute Gasteiger partial charge is 0.494 e. The van der Waals surface area contributed by atoms with Crippen molar-refractivity contribution in [2.75, 3.05) is 20.2 Å². The zero-order valence-corrected chi connectivity index (χ0v) is 26.6. The van der Waals surface area contributed by atoms with Gasteiger partial charge in [-0.25, -0.2) is 14.8 Å². The molecule has 1 aliphatic heterocycles. The first-order valence-electron chi connectivity index (χ1n) is 16.0. The fourth-order valence-corrected chi connectivity index (χ4v) is 6.48. The number of piperidine rings is 1. The van der Waals surface area contributed by atoms with Crippen LogP contribution in [0.5, 0.6) is 5.75 Å². The summed E-state index contributed by atoms with van der Waals surface area (Å²) in [6, 6.07) is 17.6. The number of halogens is 2. The van der Waals surface area contributed by atoms with Gasteiger partial charge >= 0.3 is 12.7 Å². The van der Waals surface area contributed by atoms with Gasteiger partial charge in [-0.1, -0.05) is 30.3 Å². The maximum atomic E-state index is 13.9. The van der Waals surface area contributed by atoms with Gasteiger partial charge in [-0.2, -0.15) is 8.78 Å². The number of nitrogens with zero attached hydrogens (tertiary/aromatic N) is 5. The summed E-state index contributed by atoms with van der Waals surface area (Å²) in [4.78, 5) is 37.8. The van der Waals surface area contributed by atoms with Gasteiger partial charge in [0.15, 0.2) is 5.82 Å². The Hall–Kier alpha value is -5.04. The molecular formula is C35H36F2N6O5. The number of pyridine rings is 1. The molecule has 7 rings (SSSR count). The van der Waals surface area contributed by atoms with Crippen molar-refractivity contribution >= 4 is 34.1 Å². The highest BCUT2D eigenvalue weighted by atomic mass is 19.3. The van der Waals surface area contributed by atoms with Crippen molar-refractivity contribution in [2.45, 2.75) is 51.2 Å². The molecule has 0 radical (unpaired) electrons. The van der Waals surface area contributed by atoms with Crippen molar-refractivity contribution in [3.8, 4) is 17.3 Å². The lowest BCUT2D eigenvalue weighted by atomic mass is 10.0. The molecule has 2 amide bonds. The number of hydrogen-bond donors (Lipinski definition) is 1. The highest BCUT2D eigenvalue weighted by Gasteiger charge is 2.36. The number of aromatic nitrogens is 4. The molecule has 5 aromatic rings. The van der Waals surface area contributed by atoms with Crippen molar-refractivity contribution in [1.29, 1.82) is 0 Å². The lowest BCUT2D eigenvalue weighted by Crippen LogP contribution is -2.57. The number of alkyl carbamates (subject to hydrolysis) is 1. The molecule has 4 heterocycles. The molecule has 2 fully saturated rings. The van der Waals surface area contributed by atoms with Gasteiger partial charge in [-0.05, 0) is 61.1 Å². The van der Waals surface area contributed by atoms with E-state index in [-0.39, 0.29) is 32.0 Å². The molecule has 2 aliphatic rings. The molecule has 250 valence electrons. The summed E-state index contributed by atoms with van der Waals surface area (Å²) >= 11 is 0. The number of carbonyl (C=O) groups is 2. The third-order valence-electron chi connectivity index (χ3n) is 9.05. The Bertz CT molecular complexity index is 1960. The summed E-state index contributed by atoms with van der Waals surface area (Å²) in [6.07, 6.45) is 2.45. The van der Waals surface area contributed by atoms with Crippen molar-refractivity contribution in [3.63, 3.8) is 0 Å². The fourth-order valence-electron chi connectivity index (χ4n) is 6.48. The first-order valence-corrected chi connectivity index (χ1v) is 16.0. The summed E-state index contributed by atoms with van der Waals surface area (Å²) in [5, 5.41) is 3.66. The van der Waals surface area contributed by atoms with Crippen LogP contribution in [0.25, 0.3) is 33.6 Å². The maximum absolute atomic E-state index is 13.9. The van der Waals surface area contributed by atoms with Crippen molar-refractivity contribution in [1.82, 2.24) is 29.3 Å². The number of likely N-dealkylation sites (tertiary alicyclic amines) is 1. The van der Waals surface area contributed by atoms with Crippen molar-refractivity contribution in [3.05, 3.63) is 78.0 Å². The van der Waals surface area contributed by atoms with Crippen LogP contribution >= 0.6 is 0 Å². The second-order valence-corrected chi connectivity index (χ2v) is 12.3. The van der Waals surface area contributed by atoms with Gasteiger partial charge in [0.1, 0.15) is 23.5 Å². The average molecular weight is 659 g/mol. The SMILES string of the molecule is COc1cc(C(=O)N2CC[C@@H](OC(F)F)[C@@H](NC(=O)OCc3ccccc3)C2)cc2nc(-c3cc4cccnc4n3CC3CC3)n(C)c12. The van der Waals surface area contributed by atoms with E-state index in [4.69, 9.17) is 19.2 Å². The number of methoxy groups -OCH3 is 1. The minimum Gasteiger partial charge on any atom is -0.494 e.